The number of fused-ring (bicyclic) bond motifs is 4. The maximum atomic E-state index is 12.3. The summed E-state index contributed by atoms with van der Waals surface area (Å²) in [6.45, 7) is 7.51. The van der Waals surface area contributed by atoms with Gasteiger partial charge in [-0.05, 0) is 119 Å². The summed E-state index contributed by atoms with van der Waals surface area (Å²) >= 11 is 0. The fourth-order valence-electron chi connectivity index (χ4n) is 8.53. The lowest BCUT2D eigenvalue weighted by Crippen LogP contribution is -2.51. The molecule has 0 aliphatic heterocycles. The van der Waals surface area contributed by atoms with Crippen LogP contribution in [0.15, 0.2) is 47.1 Å². The zero-order chi connectivity index (χ0) is 31.9. The Morgan fingerprint density at radius 3 is 2.50 bits per heavy atom. The molecule has 4 aliphatic rings. The first kappa shape index (κ1) is 32.3. The number of benzene rings is 1. The number of hydrogen-bond acceptors (Lipinski definition) is 7. The van der Waals surface area contributed by atoms with Crippen molar-refractivity contribution in [2.45, 2.75) is 103 Å². The van der Waals surface area contributed by atoms with Crippen LogP contribution in [0.2, 0.25) is 0 Å². The molecule has 0 spiro atoms. The van der Waals surface area contributed by atoms with E-state index in [-0.39, 0.29) is 30.3 Å². The molecule has 0 unspecified atom stereocenters. The third-order valence-electron chi connectivity index (χ3n) is 10.6. The topological polar surface area (TPSA) is 105 Å². The van der Waals surface area contributed by atoms with Crippen molar-refractivity contribution in [2.24, 2.45) is 17.3 Å². The van der Waals surface area contributed by atoms with Crippen molar-refractivity contribution in [3.63, 3.8) is 0 Å². The second-order valence-corrected chi connectivity index (χ2v) is 14.7. The number of ketones is 1. The van der Waals surface area contributed by atoms with Gasteiger partial charge in [0.2, 0.25) is 0 Å². The molecule has 0 radical (unpaired) electrons. The van der Waals surface area contributed by atoms with Crippen LogP contribution in [-0.2, 0) is 19.1 Å². The van der Waals surface area contributed by atoms with E-state index in [1.54, 1.807) is 20.8 Å². The molecule has 0 aromatic heterocycles. The second-order valence-electron chi connectivity index (χ2n) is 14.7. The number of nitrogens with zero attached hydrogens (tertiary/aromatic N) is 1. The zero-order valence-electron chi connectivity index (χ0n) is 27.3. The number of nitrogens with one attached hydrogen (secondary N) is 1. The Balaban J connectivity index is 1.32. The summed E-state index contributed by atoms with van der Waals surface area (Å²) < 4.78 is 10.6. The van der Waals surface area contributed by atoms with E-state index in [0.717, 1.165) is 44.2 Å². The molecule has 8 nitrogen and oxygen atoms in total. The highest BCUT2D eigenvalue weighted by Gasteiger charge is 2.62. The van der Waals surface area contributed by atoms with Crippen molar-refractivity contribution >= 4 is 23.5 Å². The fourth-order valence-corrected chi connectivity index (χ4v) is 8.53. The molecule has 0 bridgehead atoms. The van der Waals surface area contributed by atoms with Crippen LogP contribution in [0.25, 0.3) is 0 Å². The van der Waals surface area contributed by atoms with Gasteiger partial charge in [0.1, 0.15) is 12.1 Å². The SMILES string of the molecule is CN(C)c1ccc([C@H]2C[C@]3(C)[C@@H](CC[C@]3(O)CCCOC(=O)CNC(=O)OC(C)(C)C)[C@@H]3CCC4=CC(=O)CCC4=C32)cc1. The maximum Gasteiger partial charge on any atom is 0.408 e. The Morgan fingerprint density at radius 1 is 1.09 bits per heavy atom. The molecule has 1 aromatic rings. The van der Waals surface area contributed by atoms with E-state index >= 15 is 0 Å². The van der Waals surface area contributed by atoms with Crippen LogP contribution in [0, 0.1) is 17.3 Å². The Kier molecular flexibility index (Phi) is 9.05. The first-order chi connectivity index (χ1) is 20.7. The van der Waals surface area contributed by atoms with Gasteiger partial charge in [-0.2, -0.15) is 0 Å². The molecule has 2 fully saturated rings. The molecule has 0 heterocycles. The number of esters is 1. The third-order valence-corrected chi connectivity index (χ3v) is 10.6. The van der Waals surface area contributed by atoms with Crippen LogP contribution in [0.1, 0.15) is 97.0 Å². The van der Waals surface area contributed by atoms with Gasteiger partial charge in [0, 0.05) is 37.5 Å². The van der Waals surface area contributed by atoms with E-state index < -0.39 is 23.3 Å². The predicted octanol–water partition coefficient (Wildman–Crippen LogP) is 6.23. The summed E-state index contributed by atoms with van der Waals surface area (Å²) in [5.74, 6) is 0.661. The number of allylic oxidation sites excluding steroid dienone is 4. The standard InChI is InChI=1S/C36H50N2O6/c1-34(2,3)44-33(41)37-22-31(40)43-19-7-17-36(42)18-16-30-28-14-10-24-20-26(39)13-15-27(24)32(28)29(21-35(30,36)4)23-8-11-25(12-9-23)38(5)6/h8-9,11-12,20,28-30,42H,7,10,13-19,21-22H2,1-6H3,(H,37,41)/t28-,29+,30-,35+,36+/m0/s1. The van der Waals surface area contributed by atoms with Gasteiger partial charge in [0.05, 0.1) is 12.2 Å². The minimum atomic E-state index is -0.866. The molecule has 8 heteroatoms. The average molecular weight is 607 g/mol. The molecule has 2 N–H and O–H groups in total. The second kappa shape index (κ2) is 12.3. The van der Waals surface area contributed by atoms with Gasteiger partial charge in [-0.1, -0.05) is 24.6 Å². The quantitative estimate of drug-likeness (QED) is 0.267. The molecule has 44 heavy (non-hydrogen) atoms. The maximum absolute atomic E-state index is 12.3. The highest BCUT2D eigenvalue weighted by molar-refractivity contribution is 5.93. The number of anilines is 1. The molecular weight excluding hydrogens is 556 g/mol. The zero-order valence-corrected chi connectivity index (χ0v) is 27.3. The van der Waals surface area contributed by atoms with Gasteiger partial charge in [0.15, 0.2) is 5.78 Å². The lowest BCUT2D eigenvalue weighted by Gasteiger charge is -2.55. The van der Waals surface area contributed by atoms with Crippen molar-refractivity contribution in [3.05, 3.63) is 52.6 Å². The minimum Gasteiger partial charge on any atom is -0.464 e. The highest BCUT2D eigenvalue weighted by Crippen LogP contribution is 2.67. The first-order valence-corrected chi connectivity index (χ1v) is 16.3. The van der Waals surface area contributed by atoms with E-state index in [1.807, 2.05) is 20.2 Å². The van der Waals surface area contributed by atoms with Crippen LogP contribution in [0.3, 0.4) is 0 Å². The largest absolute Gasteiger partial charge is 0.464 e. The fraction of sp³-hybridized carbons (Fsp3) is 0.639. The van der Waals surface area contributed by atoms with Gasteiger partial charge >= 0.3 is 12.1 Å². The Hall–Kier alpha value is -3.13. The molecule has 0 saturated heterocycles. The van der Waals surface area contributed by atoms with Gasteiger partial charge in [-0.3, -0.25) is 9.59 Å². The number of ether oxygens (including phenoxy) is 2. The first-order valence-electron chi connectivity index (χ1n) is 16.3. The molecule has 1 amide bonds. The molecule has 2 saturated carbocycles. The molecule has 5 rings (SSSR count). The minimum absolute atomic E-state index is 0.186. The summed E-state index contributed by atoms with van der Waals surface area (Å²) in [7, 11) is 4.10. The summed E-state index contributed by atoms with van der Waals surface area (Å²) in [4.78, 5) is 38.5. The monoisotopic (exact) mass is 606 g/mol. The molecule has 240 valence electrons. The number of carbonyl (C=O) groups is 3. The van der Waals surface area contributed by atoms with Crippen molar-refractivity contribution < 1.29 is 29.0 Å². The lowest BCUT2D eigenvalue weighted by molar-refractivity contribution is -0.144. The number of alkyl carbamates (subject to hydrolysis) is 1. The molecule has 4 aliphatic carbocycles. The number of carbonyl (C=O) groups excluding carboxylic acids is 3. The molecular formula is C36H50N2O6. The van der Waals surface area contributed by atoms with Crippen molar-refractivity contribution in [1.82, 2.24) is 5.32 Å². The van der Waals surface area contributed by atoms with Crippen LogP contribution < -0.4 is 10.2 Å². The van der Waals surface area contributed by atoms with Gasteiger partial charge in [0.25, 0.3) is 0 Å². The lowest BCUT2D eigenvalue weighted by atomic mass is 9.51. The van der Waals surface area contributed by atoms with E-state index in [2.05, 4.69) is 41.4 Å². The number of amides is 1. The van der Waals surface area contributed by atoms with E-state index in [0.29, 0.717) is 31.1 Å². The third kappa shape index (κ3) is 6.46. The summed E-state index contributed by atoms with van der Waals surface area (Å²) in [6.07, 6.45) is 8.25. The molecule has 1 aromatic carbocycles. The Morgan fingerprint density at radius 2 is 1.82 bits per heavy atom. The smallest absolute Gasteiger partial charge is 0.408 e. The number of rotatable bonds is 8. The Bertz CT molecular complexity index is 1340. The average Bonchev–Trinajstić information content (AvgIpc) is 3.22. The molecule has 5 atom stereocenters. The van der Waals surface area contributed by atoms with E-state index in [1.165, 1.54) is 22.3 Å². The van der Waals surface area contributed by atoms with E-state index in [9.17, 15) is 19.5 Å². The van der Waals surface area contributed by atoms with Crippen molar-refractivity contribution in [2.75, 3.05) is 32.1 Å². The van der Waals surface area contributed by atoms with Crippen molar-refractivity contribution in [3.8, 4) is 0 Å². The number of hydrogen-bond donors (Lipinski definition) is 2. The summed E-state index contributed by atoms with van der Waals surface area (Å²) in [5.41, 5.74) is 4.80. The van der Waals surface area contributed by atoms with Crippen LogP contribution in [0.4, 0.5) is 10.5 Å². The Labute approximate surface area is 262 Å². The van der Waals surface area contributed by atoms with Crippen LogP contribution in [-0.4, -0.2) is 61.4 Å². The van der Waals surface area contributed by atoms with Crippen LogP contribution in [0.5, 0.6) is 0 Å². The van der Waals surface area contributed by atoms with Gasteiger partial charge < -0.3 is 24.8 Å². The number of aliphatic hydroxyl groups is 1. The summed E-state index contributed by atoms with van der Waals surface area (Å²) in [6, 6.07) is 8.86. The normalized spacial score (nSPS) is 29.7. The van der Waals surface area contributed by atoms with Crippen LogP contribution >= 0.6 is 0 Å². The van der Waals surface area contributed by atoms with Gasteiger partial charge in [-0.15, -0.1) is 0 Å². The summed E-state index contributed by atoms with van der Waals surface area (Å²) in [5, 5.41) is 14.8. The highest BCUT2D eigenvalue weighted by atomic mass is 16.6. The predicted molar refractivity (Wildman–Crippen MR) is 170 cm³/mol. The van der Waals surface area contributed by atoms with Crippen molar-refractivity contribution in [1.29, 1.82) is 0 Å². The van der Waals surface area contributed by atoms with E-state index in [4.69, 9.17) is 9.47 Å². The van der Waals surface area contributed by atoms with Gasteiger partial charge in [-0.25, -0.2) is 4.79 Å².